The Morgan fingerprint density at radius 2 is 2.18 bits per heavy atom. The second-order valence-corrected chi connectivity index (χ2v) is 2.50. The maximum Gasteiger partial charge on any atom is 0.0746 e. The number of hydrogen-bond donors (Lipinski definition) is 0. The number of hydrogen-bond acceptors (Lipinski definition) is 0. The van der Waals surface area contributed by atoms with E-state index in [2.05, 4.69) is 35.9 Å². The zero-order valence-corrected chi connectivity index (χ0v) is 6.46. The topological polar surface area (TPSA) is 4.93 Å². The molecule has 0 fully saturated rings. The quantitative estimate of drug-likeness (QED) is 0.577. The van der Waals surface area contributed by atoms with Crippen molar-refractivity contribution in [2.75, 3.05) is 0 Å². The third kappa shape index (κ3) is 0.929. The number of nitrogens with zero attached hydrogens (tertiary/aromatic N) is 1. The average Bonchev–Trinajstić information content (AvgIpc) is 2.47. The van der Waals surface area contributed by atoms with E-state index >= 15 is 0 Å². The number of fused-ring (bicyclic) bond motifs is 1. The predicted molar refractivity (Wildman–Crippen MR) is 45.3 cm³/mol. The van der Waals surface area contributed by atoms with Crippen molar-refractivity contribution < 1.29 is 0 Å². The number of aryl methyl sites for hydroxylation is 1. The summed E-state index contributed by atoms with van der Waals surface area (Å²) in [7, 11) is 0. The lowest BCUT2D eigenvalue weighted by Gasteiger charge is -1.97. The van der Waals surface area contributed by atoms with Crippen molar-refractivity contribution in [1.29, 1.82) is 0 Å². The minimum Gasteiger partial charge on any atom is -0.339 e. The minimum atomic E-state index is 0.962. The molecule has 0 aliphatic heterocycles. The van der Waals surface area contributed by atoms with Crippen molar-refractivity contribution in [3.63, 3.8) is 0 Å². The summed E-state index contributed by atoms with van der Waals surface area (Å²) in [5, 5.41) is 1.15. The summed E-state index contributed by atoms with van der Waals surface area (Å²) in [6.45, 7) is 3.07. The van der Waals surface area contributed by atoms with Crippen LogP contribution < -0.4 is 0 Å². The molecule has 0 atom stereocenters. The van der Waals surface area contributed by atoms with E-state index in [1.54, 1.807) is 0 Å². The summed E-state index contributed by atoms with van der Waals surface area (Å²) in [5.74, 6) is 0. The molecule has 1 nitrogen and oxygen atoms in total. The predicted octanol–water partition coefficient (Wildman–Crippen LogP) is 2.26. The highest BCUT2D eigenvalue weighted by Crippen LogP contribution is 2.12. The van der Waals surface area contributed by atoms with E-state index in [4.69, 9.17) is 0 Å². The molecule has 0 saturated heterocycles. The third-order valence-electron chi connectivity index (χ3n) is 1.84. The second-order valence-electron chi connectivity index (χ2n) is 2.50. The smallest absolute Gasteiger partial charge is 0.0746 e. The number of rotatable bonds is 1. The minimum absolute atomic E-state index is 0.962. The van der Waals surface area contributed by atoms with Crippen LogP contribution in [0.4, 0.5) is 0 Å². The number of para-hydroxylation sites is 1. The van der Waals surface area contributed by atoms with Crippen LogP contribution in [0.3, 0.4) is 0 Å². The van der Waals surface area contributed by atoms with Gasteiger partial charge in [-0.1, -0.05) is 18.2 Å². The molecule has 54 valence electrons. The Labute approximate surface area is 66.3 Å². The summed E-state index contributed by atoms with van der Waals surface area (Å²) in [6, 6.07) is 11.3. The van der Waals surface area contributed by atoms with E-state index in [9.17, 15) is 0 Å². The van der Waals surface area contributed by atoms with Gasteiger partial charge < -0.3 is 4.57 Å². The summed E-state index contributed by atoms with van der Waals surface area (Å²) >= 11 is 0. The molecule has 0 aliphatic carbocycles. The third-order valence-corrected chi connectivity index (χ3v) is 1.84. The maximum atomic E-state index is 3.08. The van der Waals surface area contributed by atoms with Gasteiger partial charge in [0.1, 0.15) is 0 Å². The molecule has 0 N–H and O–H groups in total. The molecule has 2 aromatic rings. The van der Waals surface area contributed by atoms with Crippen LogP contribution in [-0.2, 0) is 6.54 Å². The highest BCUT2D eigenvalue weighted by molar-refractivity contribution is 5.78. The molecule has 2 radical (unpaired) electrons. The molecule has 0 bridgehead atoms. The molecule has 1 heteroatoms. The molecule has 0 aliphatic rings. The van der Waals surface area contributed by atoms with E-state index in [0.29, 0.717) is 0 Å². The molecule has 1 aromatic heterocycles. The second kappa shape index (κ2) is 2.42. The van der Waals surface area contributed by atoms with Crippen molar-refractivity contribution in [2.45, 2.75) is 13.5 Å². The Hall–Kier alpha value is -1.24. The molecule has 2 rings (SSSR count). The van der Waals surface area contributed by atoms with Crippen LogP contribution in [0.15, 0.2) is 24.3 Å². The highest BCUT2D eigenvalue weighted by Gasteiger charge is 1.96. The standard InChI is InChI=1S/C10H9N/c1-2-11-8-7-9-5-3-4-6-10(9)11/h3-6H,2H2,1H3. The van der Waals surface area contributed by atoms with Crippen molar-refractivity contribution >= 4 is 10.9 Å². The van der Waals surface area contributed by atoms with Crippen LogP contribution in [0.25, 0.3) is 10.9 Å². The first-order valence-electron chi connectivity index (χ1n) is 3.80. The fraction of sp³-hybridized carbons (Fsp3) is 0.200. The number of benzene rings is 1. The van der Waals surface area contributed by atoms with E-state index in [0.717, 1.165) is 11.9 Å². The first-order valence-corrected chi connectivity index (χ1v) is 3.80. The van der Waals surface area contributed by atoms with Gasteiger partial charge in [0.2, 0.25) is 0 Å². The monoisotopic (exact) mass is 143 g/mol. The van der Waals surface area contributed by atoms with Gasteiger partial charge in [-0.05, 0) is 13.0 Å². The maximum absolute atomic E-state index is 3.08. The van der Waals surface area contributed by atoms with Gasteiger partial charge in [-0.15, -0.1) is 0 Å². The first kappa shape index (κ1) is 6.47. The Bertz CT molecular complexity index is 360. The number of aromatic nitrogens is 1. The molecule has 1 heterocycles. The Morgan fingerprint density at radius 1 is 1.36 bits per heavy atom. The summed E-state index contributed by atoms with van der Waals surface area (Å²) in [4.78, 5) is 0. The van der Waals surface area contributed by atoms with Crippen LogP contribution in [0.1, 0.15) is 6.92 Å². The van der Waals surface area contributed by atoms with Crippen molar-refractivity contribution in [1.82, 2.24) is 4.57 Å². The molecular formula is C10H9N. The van der Waals surface area contributed by atoms with Crippen molar-refractivity contribution in [3.8, 4) is 0 Å². The fourth-order valence-electron chi connectivity index (χ4n) is 1.25. The first-order chi connectivity index (χ1) is 5.42. The van der Waals surface area contributed by atoms with Gasteiger partial charge in [-0.3, -0.25) is 0 Å². The Morgan fingerprint density at radius 3 is 3.00 bits per heavy atom. The molecule has 0 unspecified atom stereocenters. The van der Waals surface area contributed by atoms with Crippen LogP contribution in [-0.4, -0.2) is 4.57 Å². The average molecular weight is 143 g/mol. The van der Waals surface area contributed by atoms with Crippen LogP contribution in [0.5, 0.6) is 0 Å². The molecular weight excluding hydrogens is 134 g/mol. The zero-order valence-electron chi connectivity index (χ0n) is 6.46. The molecule has 11 heavy (non-hydrogen) atoms. The zero-order chi connectivity index (χ0) is 7.68. The van der Waals surface area contributed by atoms with Gasteiger partial charge in [-0.25, -0.2) is 0 Å². The van der Waals surface area contributed by atoms with Gasteiger partial charge in [-0.2, -0.15) is 0 Å². The largest absolute Gasteiger partial charge is 0.339 e. The van der Waals surface area contributed by atoms with Crippen molar-refractivity contribution in [3.05, 3.63) is 36.5 Å². The SMILES string of the molecule is CCn1[c][c]c2ccccc21. The van der Waals surface area contributed by atoms with E-state index in [1.165, 1.54) is 5.52 Å². The van der Waals surface area contributed by atoms with E-state index < -0.39 is 0 Å². The fourth-order valence-corrected chi connectivity index (χ4v) is 1.25. The van der Waals surface area contributed by atoms with Gasteiger partial charge >= 0.3 is 0 Å². The van der Waals surface area contributed by atoms with Crippen LogP contribution in [0, 0.1) is 12.3 Å². The lowest BCUT2D eigenvalue weighted by molar-refractivity contribution is 0.791. The Balaban J connectivity index is 2.76. The van der Waals surface area contributed by atoms with Crippen LogP contribution >= 0.6 is 0 Å². The Kier molecular flexibility index (Phi) is 1.42. The molecule has 0 amide bonds. The summed E-state index contributed by atoms with van der Waals surface area (Å²) in [5.41, 5.74) is 1.22. The van der Waals surface area contributed by atoms with Gasteiger partial charge in [0.05, 0.1) is 6.20 Å². The molecule has 1 aromatic carbocycles. The van der Waals surface area contributed by atoms with Crippen LogP contribution in [0.2, 0.25) is 0 Å². The van der Waals surface area contributed by atoms with Crippen molar-refractivity contribution in [2.24, 2.45) is 0 Å². The molecule has 0 saturated carbocycles. The van der Waals surface area contributed by atoms with Gasteiger partial charge in [0.15, 0.2) is 0 Å². The van der Waals surface area contributed by atoms with E-state index in [-0.39, 0.29) is 0 Å². The summed E-state index contributed by atoms with van der Waals surface area (Å²) < 4.78 is 2.06. The molecule has 0 spiro atoms. The van der Waals surface area contributed by atoms with Gasteiger partial charge in [0, 0.05) is 23.5 Å². The lowest BCUT2D eigenvalue weighted by Crippen LogP contribution is -1.89. The highest BCUT2D eigenvalue weighted by atomic mass is 14.9. The lowest BCUT2D eigenvalue weighted by atomic mass is 10.2. The normalized spacial score (nSPS) is 10.6. The summed E-state index contributed by atoms with van der Waals surface area (Å²) in [6.07, 6.45) is 3.06. The van der Waals surface area contributed by atoms with Gasteiger partial charge in [0.25, 0.3) is 0 Å². The van der Waals surface area contributed by atoms with E-state index in [1.807, 2.05) is 12.1 Å².